The van der Waals surface area contributed by atoms with Crippen LogP contribution in [-0.4, -0.2) is 179 Å². The van der Waals surface area contributed by atoms with Gasteiger partial charge in [-0.15, -0.1) is 0 Å². The maximum Gasteiger partial charge on any atom is 0.101 e. The lowest BCUT2D eigenvalue weighted by atomic mass is 10.4. The van der Waals surface area contributed by atoms with E-state index in [0.29, 0.717) is 119 Å². The highest BCUT2D eigenvalue weighted by Gasteiger charge is 2.07. The van der Waals surface area contributed by atoms with E-state index < -0.39 is 12.2 Å². The van der Waals surface area contributed by atoms with Crippen molar-refractivity contribution in [2.75, 3.05) is 152 Å². The first-order valence-electron chi connectivity index (χ1n) is 15.0. The van der Waals surface area contributed by atoms with Crippen LogP contribution in [0.2, 0.25) is 0 Å². The molecular formula is C28H58O14. The molecule has 0 bridgehead atoms. The largest absolute Gasteiger partial charge is 0.394 e. The number of aliphatic hydroxyl groups excluding tert-OH is 3. The lowest BCUT2D eigenvalue weighted by Gasteiger charge is -2.13. The molecule has 0 heterocycles. The Morgan fingerprint density at radius 1 is 0.357 bits per heavy atom. The molecule has 0 aliphatic carbocycles. The van der Waals surface area contributed by atoms with Crippen molar-refractivity contribution in [2.45, 2.75) is 32.0 Å². The Labute approximate surface area is 251 Å². The molecule has 42 heavy (non-hydrogen) atoms. The van der Waals surface area contributed by atoms with Gasteiger partial charge in [0.1, 0.15) is 12.2 Å². The SMILES string of the molecule is CCCCOCCOCCOCCOCCOCCOCCOCCOCCOCCOCC(O)COCC(O)CO. The third-order valence-electron chi connectivity index (χ3n) is 5.13. The van der Waals surface area contributed by atoms with Crippen LogP contribution in [0.3, 0.4) is 0 Å². The third-order valence-corrected chi connectivity index (χ3v) is 5.13. The van der Waals surface area contributed by atoms with Gasteiger partial charge in [-0.2, -0.15) is 0 Å². The van der Waals surface area contributed by atoms with Gasteiger partial charge in [0.2, 0.25) is 0 Å². The van der Waals surface area contributed by atoms with Crippen LogP contribution < -0.4 is 0 Å². The molecule has 0 amide bonds. The topological polar surface area (TPSA) is 162 Å². The van der Waals surface area contributed by atoms with Crippen molar-refractivity contribution in [1.29, 1.82) is 0 Å². The summed E-state index contributed by atoms with van der Waals surface area (Å²) in [5.41, 5.74) is 0. The quantitative estimate of drug-likeness (QED) is 0.0777. The zero-order valence-electron chi connectivity index (χ0n) is 25.7. The van der Waals surface area contributed by atoms with Crippen LogP contribution >= 0.6 is 0 Å². The van der Waals surface area contributed by atoms with Gasteiger partial charge in [0.15, 0.2) is 0 Å². The van der Waals surface area contributed by atoms with E-state index in [0.717, 1.165) is 19.4 Å². The second-order valence-corrected chi connectivity index (χ2v) is 8.97. The number of hydrogen-bond donors (Lipinski definition) is 3. The molecule has 0 aromatic heterocycles. The Morgan fingerprint density at radius 2 is 0.619 bits per heavy atom. The lowest BCUT2D eigenvalue weighted by molar-refractivity contribution is -0.0565. The molecule has 3 N–H and O–H groups in total. The second kappa shape index (κ2) is 36.6. The molecule has 0 aromatic carbocycles. The third kappa shape index (κ3) is 35.6. The average Bonchev–Trinajstić information content (AvgIpc) is 2.99. The van der Waals surface area contributed by atoms with E-state index in [4.69, 9.17) is 62.3 Å². The summed E-state index contributed by atoms with van der Waals surface area (Å²) >= 11 is 0. The van der Waals surface area contributed by atoms with E-state index in [2.05, 4.69) is 6.92 Å². The summed E-state index contributed by atoms with van der Waals surface area (Å²) in [4.78, 5) is 0. The summed E-state index contributed by atoms with van der Waals surface area (Å²) in [6, 6.07) is 0. The Kier molecular flexibility index (Phi) is 36.1. The van der Waals surface area contributed by atoms with Crippen LogP contribution in [0.25, 0.3) is 0 Å². The van der Waals surface area contributed by atoms with Gasteiger partial charge in [0.05, 0.1) is 145 Å². The van der Waals surface area contributed by atoms with Gasteiger partial charge < -0.3 is 67.4 Å². The molecule has 0 fully saturated rings. The number of rotatable bonds is 37. The molecule has 0 radical (unpaired) electrons. The smallest absolute Gasteiger partial charge is 0.101 e. The van der Waals surface area contributed by atoms with Gasteiger partial charge in [-0.1, -0.05) is 13.3 Å². The summed E-state index contributed by atoms with van der Waals surface area (Å²) < 4.78 is 59.2. The number of ether oxygens (including phenoxy) is 11. The van der Waals surface area contributed by atoms with Gasteiger partial charge in [0.25, 0.3) is 0 Å². The zero-order valence-corrected chi connectivity index (χ0v) is 25.7. The van der Waals surface area contributed by atoms with E-state index in [9.17, 15) is 5.11 Å². The molecule has 2 atom stereocenters. The van der Waals surface area contributed by atoms with E-state index in [-0.39, 0.29) is 26.4 Å². The molecule has 0 aromatic rings. The van der Waals surface area contributed by atoms with Crippen molar-refractivity contribution in [2.24, 2.45) is 0 Å². The summed E-state index contributed by atoms with van der Waals surface area (Å²) in [7, 11) is 0. The van der Waals surface area contributed by atoms with Crippen LogP contribution in [0.1, 0.15) is 19.8 Å². The Balaban J connectivity index is 3.09. The van der Waals surface area contributed by atoms with Crippen molar-refractivity contribution < 1.29 is 67.4 Å². The van der Waals surface area contributed by atoms with Crippen LogP contribution in [-0.2, 0) is 52.1 Å². The monoisotopic (exact) mass is 618 g/mol. The lowest BCUT2D eigenvalue weighted by Crippen LogP contribution is -2.27. The highest BCUT2D eigenvalue weighted by molar-refractivity contribution is 4.54. The molecule has 0 saturated carbocycles. The fourth-order valence-electron chi connectivity index (χ4n) is 2.89. The number of hydrogen-bond acceptors (Lipinski definition) is 14. The molecule has 0 saturated heterocycles. The minimum absolute atomic E-state index is 0.0237. The van der Waals surface area contributed by atoms with Gasteiger partial charge in [0, 0.05) is 6.61 Å². The standard InChI is InChI=1S/C28H58O14/c1-2-3-4-32-5-6-33-7-8-34-9-10-35-11-12-36-13-14-37-15-16-38-17-18-39-19-20-40-21-22-41-25-28(31)26-42-24-27(30)23-29/h27-31H,2-26H2,1H3. The molecule has 0 aliphatic rings. The maximum absolute atomic E-state index is 9.65. The fourth-order valence-corrected chi connectivity index (χ4v) is 2.89. The van der Waals surface area contributed by atoms with Gasteiger partial charge in [-0.25, -0.2) is 0 Å². The molecule has 254 valence electrons. The minimum Gasteiger partial charge on any atom is -0.394 e. The first-order valence-corrected chi connectivity index (χ1v) is 15.0. The Bertz CT molecular complexity index is 492. The van der Waals surface area contributed by atoms with Crippen molar-refractivity contribution in [3.05, 3.63) is 0 Å². The van der Waals surface area contributed by atoms with Crippen molar-refractivity contribution in [1.82, 2.24) is 0 Å². The Hall–Kier alpha value is -0.560. The van der Waals surface area contributed by atoms with Crippen LogP contribution in [0.15, 0.2) is 0 Å². The molecular weight excluding hydrogens is 560 g/mol. The normalized spacial score (nSPS) is 13.1. The molecule has 14 nitrogen and oxygen atoms in total. The molecule has 0 spiro atoms. The van der Waals surface area contributed by atoms with Crippen molar-refractivity contribution in [3.63, 3.8) is 0 Å². The number of unbranched alkanes of at least 4 members (excludes halogenated alkanes) is 1. The minimum atomic E-state index is -0.942. The predicted molar refractivity (Wildman–Crippen MR) is 153 cm³/mol. The van der Waals surface area contributed by atoms with Gasteiger partial charge >= 0.3 is 0 Å². The Morgan fingerprint density at radius 3 is 0.929 bits per heavy atom. The van der Waals surface area contributed by atoms with E-state index in [1.54, 1.807) is 0 Å². The second-order valence-electron chi connectivity index (χ2n) is 8.97. The molecule has 0 rings (SSSR count). The van der Waals surface area contributed by atoms with Crippen molar-refractivity contribution >= 4 is 0 Å². The summed E-state index contributed by atoms with van der Waals surface area (Å²) in [5, 5.41) is 27.4. The van der Waals surface area contributed by atoms with E-state index in [1.807, 2.05) is 0 Å². The molecule has 2 unspecified atom stereocenters. The summed E-state index contributed by atoms with van der Waals surface area (Å²) in [6.07, 6.45) is 0.484. The average molecular weight is 619 g/mol. The highest BCUT2D eigenvalue weighted by atomic mass is 16.6. The van der Waals surface area contributed by atoms with Gasteiger partial charge in [-0.3, -0.25) is 0 Å². The van der Waals surface area contributed by atoms with Crippen LogP contribution in [0, 0.1) is 0 Å². The summed E-state index contributed by atoms with van der Waals surface area (Å²) in [5.74, 6) is 0. The molecule has 0 aliphatic heterocycles. The molecule has 14 heteroatoms. The van der Waals surface area contributed by atoms with Gasteiger partial charge in [-0.05, 0) is 6.42 Å². The maximum atomic E-state index is 9.65. The summed E-state index contributed by atoms with van der Waals surface area (Å²) in [6.45, 7) is 11.5. The van der Waals surface area contributed by atoms with Crippen LogP contribution in [0.4, 0.5) is 0 Å². The first kappa shape index (κ1) is 41.4. The van der Waals surface area contributed by atoms with E-state index >= 15 is 0 Å². The first-order chi connectivity index (χ1) is 20.7. The fraction of sp³-hybridized carbons (Fsp3) is 1.00. The zero-order chi connectivity index (χ0) is 30.6. The van der Waals surface area contributed by atoms with E-state index in [1.165, 1.54) is 0 Å². The highest BCUT2D eigenvalue weighted by Crippen LogP contribution is 1.92. The van der Waals surface area contributed by atoms with Crippen LogP contribution in [0.5, 0.6) is 0 Å². The predicted octanol–water partition coefficient (Wildman–Crippen LogP) is -0.317. The number of aliphatic hydroxyl groups is 3. The van der Waals surface area contributed by atoms with Crippen molar-refractivity contribution in [3.8, 4) is 0 Å².